The highest BCUT2D eigenvalue weighted by atomic mass is 15.4. The maximum Gasteiger partial charge on any atom is 0.0530 e. The average Bonchev–Trinajstić information content (AvgIpc) is 2.98. The number of nitrogens with zero attached hydrogens (tertiary/aromatic N) is 1. The van der Waals surface area contributed by atoms with E-state index in [1.54, 1.807) is 0 Å². The molecule has 0 bridgehead atoms. The number of aromatic nitrogens is 1. The number of hydrazine groups is 1. The molecule has 20 heavy (non-hydrogen) atoms. The van der Waals surface area contributed by atoms with Gasteiger partial charge >= 0.3 is 0 Å². The molecule has 1 aliphatic heterocycles. The van der Waals surface area contributed by atoms with Gasteiger partial charge in [-0.15, -0.1) is 0 Å². The van der Waals surface area contributed by atoms with Gasteiger partial charge in [0.2, 0.25) is 0 Å². The molecule has 0 saturated carbocycles. The minimum Gasteiger partial charge on any atom is -0.316 e. The SMILES string of the molecule is C1=CCC(CNCC2CNNC2c2cccnc2)CC1. The molecule has 3 N–H and O–H groups in total. The summed E-state index contributed by atoms with van der Waals surface area (Å²) in [6.07, 6.45) is 12.2. The third-order valence-corrected chi connectivity index (χ3v) is 4.35. The van der Waals surface area contributed by atoms with Crippen molar-refractivity contribution in [2.75, 3.05) is 19.6 Å². The van der Waals surface area contributed by atoms with Gasteiger partial charge in [-0.2, -0.15) is 0 Å². The smallest absolute Gasteiger partial charge is 0.0530 e. The van der Waals surface area contributed by atoms with Crippen LogP contribution in [0.15, 0.2) is 36.7 Å². The second-order valence-corrected chi connectivity index (χ2v) is 5.86. The van der Waals surface area contributed by atoms with Crippen LogP contribution in [0.5, 0.6) is 0 Å². The molecular weight excluding hydrogens is 248 g/mol. The first kappa shape index (κ1) is 13.7. The summed E-state index contributed by atoms with van der Waals surface area (Å²) in [5.41, 5.74) is 7.92. The summed E-state index contributed by atoms with van der Waals surface area (Å²) in [5, 5.41) is 3.66. The second-order valence-electron chi connectivity index (χ2n) is 5.86. The Morgan fingerprint density at radius 2 is 2.30 bits per heavy atom. The molecule has 0 amide bonds. The fourth-order valence-corrected chi connectivity index (χ4v) is 3.16. The van der Waals surface area contributed by atoms with Crippen LogP contribution in [-0.2, 0) is 0 Å². The van der Waals surface area contributed by atoms with E-state index in [-0.39, 0.29) is 0 Å². The Bertz CT molecular complexity index is 431. The molecule has 1 fully saturated rings. The van der Waals surface area contributed by atoms with Crippen LogP contribution in [0.1, 0.15) is 30.9 Å². The van der Waals surface area contributed by atoms with Crippen LogP contribution in [0.25, 0.3) is 0 Å². The quantitative estimate of drug-likeness (QED) is 0.715. The van der Waals surface area contributed by atoms with Crippen molar-refractivity contribution in [1.82, 2.24) is 21.2 Å². The van der Waals surface area contributed by atoms with Crippen LogP contribution < -0.4 is 16.2 Å². The zero-order valence-corrected chi connectivity index (χ0v) is 11.9. The molecule has 3 rings (SSSR count). The van der Waals surface area contributed by atoms with E-state index in [9.17, 15) is 0 Å². The first-order valence-corrected chi connectivity index (χ1v) is 7.67. The lowest BCUT2D eigenvalue weighted by Gasteiger charge is -2.22. The van der Waals surface area contributed by atoms with Gasteiger partial charge in [-0.1, -0.05) is 18.2 Å². The largest absolute Gasteiger partial charge is 0.316 e. The number of hydrogen-bond acceptors (Lipinski definition) is 4. The number of hydrogen-bond donors (Lipinski definition) is 3. The molecule has 1 aromatic heterocycles. The number of rotatable bonds is 5. The van der Waals surface area contributed by atoms with Gasteiger partial charge in [0.05, 0.1) is 6.04 Å². The summed E-state index contributed by atoms with van der Waals surface area (Å²) in [5.74, 6) is 1.40. The number of pyridine rings is 1. The Morgan fingerprint density at radius 3 is 3.10 bits per heavy atom. The van der Waals surface area contributed by atoms with Gasteiger partial charge in [-0.25, -0.2) is 5.43 Å². The highest BCUT2D eigenvalue weighted by molar-refractivity contribution is 5.16. The van der Waals surface area contributed by atoms with Crippen molar-refractivity contribution in [2.45, 2.75) is 25.3 Å². The van der Waals surface area contributed by atoms with Crippen molar-refractivity contribution in [3.05, 3.63) is 42.2 Å². The third kappa shape index (κ3) is 3.45. The van der Waals surface area contributed by atoms with E-state index in [0.29, 0.717) is 12.0 Å². The molecule has 4 heteroatoms. The zero-order valence-electron chi connectivity index (χ0n) is 11.9. The zero-order chi connectivity index (χ0) is 13.6. The van der Waals surface area contributed by atoms with E-state index in [1.165, 1.54) is 24.8 Å². The molecule has 2 heterocycles. The highest BCUT2D eigenvalue weighted by Gasteiger charge is 2.28. The first-order chi connectivity index (χ1) is 9.93. The van der Waals surface area contributed by atoms with Crippen LogP contribution in [0.3, 0.4) is 0 Å². The minimum absolute atomic E-state index is 0.363. The van der Waals surface area contributed by atoms with Crippen molar-refractivity contribution >= 4 is 0 Å². The van der Waals surface area contributed by atoms with Gasteiger partial charge in [0.25, 0.3) is 0 Å². The maximum absolute atomic E-state index is 4.22. The van der Waals surface area contributed by atoms with E-state index < -0.39 is 0 Å². The van der Waals surface area contributed by atoms with Crippen LogP contribution in [0.4, 0.5) is 0 Å². The standard InChI is InChI=1S/C16H24N4/c1-2-5-13(6-3-1)9-18-11-15-12-19-20-16(15)14-7-4-8-17-10-14/h1-2,4,7-8,10,13,15-16,18-20H,3,5-6,9,11-12H2. The number of allylic oxidation sites excluding steroid dienone is 2. The summed E-state index contributed by atoms with van der Waals surface area (Å²) in [6.45, 7) is 3.21. The van der Waals surface area contributed by atoms with Crippen LogP contribution in [-0.4, -0.2) is 24.6 Å². The van der Waals surface area contributed by atoms with Gasteiger partial charge in [0.15, 0.2) is 0 Å². The highest BCUT2D eigenvalue weighted by Crippen LogP contribution is 2.24. The van der Waals surface area contributed by atoms with E-state index >= 15 is 0 Å². The summed E-state index contributed by atoms with van der Waals surface area (Å²) in [4.78, 5) is 4.22. The third-order valence-electron chi connectivity index (χ3n) is 4.35. The summed E-state index contributed by atoms with van der Waals surface area (Å²) in [7, 11) is 0. The van der Waals surface area contributed by atoms with Crippen molar-refractivity contribution in [3.63, 3.8) is 0 Å². The molecule has 3 atom stereocenters. The molecule has 4 nitrogen and oxygen atoms in total. The predicted octanol–water partition coefficient (Wildman–Crippen LogP) is 1.79. The van der Waals surface area contributed by atoms with Gasteiger partial charge in [-0.3, -0.25) is 10.4 Å². The van der Waals surface area contributed by atoms with E-state index in [4.69, 9.17) is 0 Å². The normalized spacial score (nSPS) is 29.7. The van der Waals surface area contributed by atoms with Gasteiger partial charge in [0.1, 0.15) is 0 Å². The van der Waals surface area contributed by atoms with Crippen LogP contribution in [0, 0.1) is 11.8 Å². The number of nitrogens with one attached hydrogen (secondary N) is 3. The Balaban J connectivity index is 1.48. The predicted molar refractivity (Wildman–Crippen MR) is 81.0 cm³/mol. The molecule has 0 aromatic carbocycles. The second kappa shape index (κ2) is 6.97. The Morgan fingerprint density at radius 1 is 1.30 bits per heavy atom. The monoisotopic (exact) mass is 272 g/mol. The maximum atomic E-state index is 4.22. The summed E-state index contributed by atoms with van der Waals surface area (Å²) >= 11 is 0. The van der Waals surface area contributed by atoms with E-state index in [0.717, 1.165) is 25.6 Å². The lowest BCUT2D eigenvalue weighted by Crippen LogP contribution is -2.32. The van der Waals surface area contributed by atoms with Crippen molar-refractivity contribution in [2.24, 2.45) is 11.8 Å². The Kier molecular flexibility index (Phi) is 4.79. The van der Waals surface area contributed by atoms with E-state index in [2.05, 4.69) is 39.4 Å². The molecular formula is C16H24N4. The molecule has 3 unspecified atom stereocenters. The van der Waals surface area contributed by atoms with Crippen LogP contribution >= 0.6 is 0 Å². The molecule has 1 aliphatic carbocycles. The molecule has 108 valence electrons. The Hall–Kier alpha value is -1.23. The minimum atomic E-state index is 0.363. The van der Waals surface area contributed by atoms with Crippen molar-refractivity contribution in [3.8, 4) is 0 Å². The molecule has 0 radical (unpaired) electrons. The van der Waals surface area contributed by atoms with Crippen molar-refractivity contribution < 1.29 is 0 Å². The summed E-state index contributed by atoms with van der Waals surface area (Å²) < 4.78 is 0. The lowest BCUT2D eigenvalue weighted by atomic mass is 9.93. The molecule has 1 saturated heterocycles. The van der Waals surface area contributed by atoms with Crippen LogP contribution in [0.2, 0.25) is 0 Å². The van der Waals surface area contributed by atoms with Gasteiger partial charge in [-0.05, 0) is 43.4 Å². The fourth-order valence-electron chi connectivity index (χ4n) is 3.16. The van der Waals surface area contributed by atoms with Crippen molar-refractivity contribution in [1.29, 1.82) is 0 Å². The Labute approximate surface area is 121 Å². The molecule has 0 spiro atoms. The van der Waals surface area contributed by atoms with Gasteiger partial charge in [0, 0.05) is 31.4 Å². The first-order valence-electron chi connectivity index (χ1n) is 7.67. The molecule has 1 aromatic rings. The average molecular weight is 272 g/mol. The topological polar surface area (TPSA) is 49.0 Å². The fraction of sp³-hybridized carbons (Fsp3) is 0.562. The lowest BCUT2D eigenvalue weighted by molar-refractivity contribution is 0.392. The summed E-state index contributed by atoms with van der Waals surface area (Å²) in [6, 6.07) is 4.52. The van der Waals surface area contributed by atoms with Gasteiger partial charge < -0.3 is 5.32 Å². The van der Waals surface area contributed by atoms with E-state index in [1.807, 2.05) is 18.5 Å². The molecule has 2 aliphatic rings.